The number of amides is 1. The van der Waals surface area contributed by atoms with Crippen LogP contribution in [-0.2, 0) is 4.79 Å². The third kappa shape index (κ3) is 3.97. The minimum absolute atomic E-state index is 0.00164. The van der Waals surface area contributed by atoms with Gasteiger partial charge in [0.1, 0.15) is 0 Å². The summed E-state index contributed by atoms with van der Waals surface area (Å²) < 4.78 is 0.746. The van der Waals surface area contributed by atoms with Crippen LogP contribution in [0.5, 0.6) is 0 Å². The summed E-state index contributed by atoms with van der Waals surface area (Å²) in [6, 6.07) is 0. The first kappa shape index (κ1) is 11.8. The Hall–Kier alpha value is -0.220. The van der Waals surface area contributed by atoms with Crippen molar-refractivity contribution in [1.82, 2.24) is 5.32 Å². The van der Waals surface area contributed by atoms with E-state index in [4.69, 9.17) is 0 Å². The van der Waals surface area contributed by atoms with Crippen molar-refractivity contribution in [2.24, 2.45) is 0 Å². The second-order valence-corrected chi connectivity index (χ2v) is 4.08. The van der Waals surface area contributed by atoms with E-state index >= 15 is 0 Å². The molecule has 0 spiro atoms. The molecule has 1 atom stereocenters. The van der Waals surface area contributed by atoms with Gasteiger partial charge in [-0.1, -0.05) is 6.92 Å². The van der Waals surface area contributed by atoms with Crippen molar-refractivity contribution in [1.29, 1.82) is 0 Å². The number of thiol groups is 1. The van der Waals surface area contributed by atoms with Gasteiger partial charge in [0, 0.05) is 6.42 Å². The molecule has 1 amide bonds. The van der Waals surface area contributed by atoms with Crippen molar-refractivity contribution in [3.05, 3.63) is 0 Å². The molecule has 4 heteroatoms. The number of rotatable bonds is 4. The lowest BCUT2D eigenvalue weighted by Crippen LogP contribution is -2.55. The maximum absolute atomic E-state index is 11.0. The Bertz CT molecular complexity index is 154. The lowest BCUT2D eigenvalue weighted by atomic mass is 10.3. The van der Waals surface area contributed by atoms with Gasteiger partial charge in [0.25, 0.3) is 0 Å². The molecule has 1 unspecified atom stereocenters. The SMILES string of the molecule is CCC(NC(=O)CS)[N+](C)(C)C. The average molecular weight is 191 g/mol. The number of nitrogens with zero attached hydrogens (tertiary/aromatic N) is 1. The minimum atomic E-state index is -0.00164. The highest BCUT2D eigenvalue weighted by molar-refractivity contribution is 7.81. The zero-order chi connectivity index (χ0) is 9.78. The molecule has 12 heavy (non-hydrogen) atoms. The van der Waals surface area contributed by atoms with Crippen LogP contribution in [0.15, 0.2) is 0 Å². The molecule has 0 aliphatic rings. The molecular formula is C8H19N2OS+. The molecular weight excluding hydrogens is 172 g/mol. The first-order valence-corrected chi connectivity index (χ1v) is 4.76. The molecule has 1 N–H and O–H groups in total. The smallest absolute Gasteiger partial charge is 0.234 e. The lowest BCUT2D eigenvalue weighted by Gasteiger charge is -2.33. The zero-order valence-corrected chi connectivity index (χ0v) is 9.19. The summed E-state index contributed by atoms with van der Waals surface area (Å²) in [5.41, 5.74) is 0. The van der Waals surface area contributed by atoms with E-state index in [9.17, 15) is 4.79 Å². The fourth-order valence-corrected chi connectivity index (χ4v) is 1.17. The fourth-order valence-electron chi connectivity index (χ4n) is 1.07. The first-order valence-electron chi connectivity index (χ1n) is 4.13. The van der Waals surface area contributed by atoms with Crippen LogP contribution < -0.4 is 5.32 Å². The van der Waals surface area contributed by atoms with Gasteiger partial charge in [-0.05, 0) is 0 Å². The molecule has 0 aromatic heterocycles. The molecule has 72 valence electrons. The molecule has 0 bridgehead atoms. The predicted molar refractivity (Wildman–Crippen MR) is 54.1 cm³/mol. The average Bonchev–Trinajstić information content (AvgIpc) is 1.97. The molecule has 0 saturated heterocycles. The number of carbonyl (C=O) groups excluding carboxylic acids is 1. The van der Waals surface area contributed by atoms with E-state index in [-0.39, 0.29) is 17.8 Å². The van der Waals surface area contributed by atoms with E-state index in [2.05, 4.69) is 46.0 Å². The van der Waals surface area contributed by atoms with Crippen molar-refractivity contribution in [3.8, 4) is 0 Å². The summed E-state index contributed by atoms with van der Waals surface area (Å²) in [6.45, 7) is 2.06. The van der Waals surface area contributed by atoms with Crippen molar-refractivity contribution in [2.75, 3.05) is 26.9 Å². The van der Waals surface area contributed by atoms with Crippen LogP contribution >= 0.6 is 12.6 Å². The van der Waals surface area contributed by atoms with E-state index in [1.807, 2.05) is 0 Å². The molecule has 0 aliphatic carbocycles. The molecule has 0 radical (unpaired) electrons. The highest BCUT2D eigenvalue weighted by atomic mass is 32.1. The van der Waals surface area contributed by atoms with Crippen LogP contribution in [0.1, 0.15) is 13.3 Å². The van der Waals surface area contributed by atoms with Gasteiger partial charge in [-0.25, -0.2) is 0 Å². The Labute approximate surface area is 80.1 Å². The third-order valence-corrected chi connectivity index (χ3v) is 2.08. The molecule has 0 aliphatic heterocycles. The van der Waals surface area contributed by atoms with Gasteiger partial charge in [0.2, 0.25) is 5.91 Å². The van der Waals surface area contributed by atoms with E-state index in [1.54, 1.807) is 0 Å². The van der Waals surface area contributed by atoms with E-state index in [1.165, 1.54) is 0 Å². The Morgan fingerprint density at radius 1 is 1.50 bits per heavy atom. The number of quaternary nitrogens is 1. The summed E-state index contributed by atoms with van der Waals surface area (Å²) in [5.74, 6) is 0.259. The maximum Gasteiger partial charge on any atom is 0.234 e. The summed E-state index contributed by atoms with van der Waals surface area (Å²) >= 11 is 3.91. The molecule has 0 rings (SSSR count). The van der Waals surface area contributed by atoms with Crippen LogP contribution in [0.3, 0.4) is 0 Å². The number of carbonyl (C=O) groups is 1. The van der Waals surface area contributed by atoms with Gasteiger partial charge in [-0.2, -0.15) is 12.6 Å². The highest BCUT2D eigenvalue weighted by Crippen LogP contribution is 2.03. The van der Waals surface area contributed by atoms with E-state index in [0.29, 0.717) is 0 Å². The van der Waals surface area contributed by atoms with E-state index in [0.717, 1.165) is 10.9 Å². The zero-order valence-electron chi connectivity index (χ0n) is 8.29. The molecule has 0 aromatic carbocycles. The fraction of sp³-hybridized carbons (Fsp3) is 0.875. The second kappa shape index (κ2) is 4.72. The van der Waals surface area contributed by atoms with Crippen molar-refractivity contribution >= 4 is 18.5 Å². The minimum Gasteiger partial charge on any atom is -0.311 e. The van der Waals surface area contributed by atoms with Crippen LogP contribution in [0.4, 0.5) is 0 Å². The van der Waals surface area contributed by atoms with Crippen LogP contribution in [0.25, 0.3) is 0 Å². The van der Waals surface area contributed by atoms with E-state index < -0.39 is 0 Å². The van der Waals surface area contributed by atoms with Gasteiger partial charge in [0.05, 0.1) is 26.9 Å². The van der Waals surface area contributed by atoms with Crippen molar-refractivity contribution in [3.63, 3.8) is 0 Å². The summed E-state index contributed by atoms with van der Waals surface area (Å²) in [5, 5.41) is 2.91. The quantitative estimate of drug-likeness (QED) is 0.378. The van der Waals surface area contributed by atoms with Gasteiger partial charge in [0.15, 0.2) is 6.17 Å². The number of hydrogen-bond acceptors (Lipinski definition) is 2. The first-order chi connectivity index (χ1) is 5.41. The number of hydrogen-bond donors (Lipinski definition) is 2. The maximum atomic E-state index is 11.0. The molecule has 3 nitrogen and oxygen atoms in total. The Balaban J connectivity index is 4.09. The van der Waals surface area contributed by atoms with Gasteiger partial charge in [-0.15, -0.1) is 0 Å². The Kier molecular flexibility index (Phi) is 4.63. The Morgan fingerprint density at radius 2 is 2.00 bits per heavy atom. The Morgan fingerprint density at radius 3 is 2.25 bits per heavy atom. The third-order valence-electron chi connectivity index (χ3n) is 1.79. The lowest BCUT2D eigenvalue weighted by molar-refractivity contribution is -0.898. The van der Waals surface area contributed by atoms with Gasteiger partial charge >= 0.3 is 0 Å². The second-order valence-electron chi connectivity index (χ2n) is 3.77. The summed E-state index contributed by atoms with van der Waals surface area (Å²) in [4.78, 5) is 11.0. The monoisotopic (exact) mass is 191 g/mol. The molecule has 0 heterocycles. The van der Waals surface area contributed by atoms with Crippen molar-refractivity contribution < 1.29 is 9.28 Å². The normalized spacial score (nSPS) is 14.1. The van der Waals surface area contributed by atoms with Crippen LogP contribution in [0.2, 0.25) is 0 Å². The van der Waals surface area contributed by atoms with Crippen molar-refractivity contribution in [2.45, 2.75) is 19.5 Å². The molecule has 0 fully saturated rings. The summed E-state index contributed by atoms with van der Waals surface area (Å²) in [7, 11) is 6.19. The predicted octanol–water partition coefficient (Wildman–Crippen LogP) is 0.475. The summed E-state index contributed by atoms with van der Waals surface area (Å²) in [6.07, 6.45) is 1.12. The molecule has 0 saturated carbocycles. The number of nitrogens with one attached hydrogen (secondary N) is 1. The largest absolute Gasteiger partial charge is 0.311 e. The van der Waals surface area contributed by atoms with Crippen LogP contribution in [-0.4, -0.2) is 43.5 Å². The van der Waals surface area contributed by atoms with Gasteiger partial charge in [-0.3, -0.25) is 4.79 Å². The van der Waals surface area contributed by atoms with Gasteiger partial charge < -0.3 is 9.80 Å². The molecule has 0 aromatic rings. The standard InChI is InChI=1S/C8H18N2OS/c1-5-7(10(2,3)4)9-8(11)6-12/h7H,5-6H2,1-4H3,(H-,9,11,12)/p+1. The van der Waals surface area contributed by atoms with Crippen LogP contribution in [0, 0.1) is 0 Å². The topological polar surface area (TPSA) is 29.1 Å². The highest BCUT2D eigenvalue weighted by Gasteiger charge is 2.22.